The van der Waals surface area contributed by atoms with Crippen molar-refractivity contribution in [3.63, 3.8) is 0 Å². The van der Waals surface area contributed by atoms with Crippen LogP contribution in [-0.2, 0) is 14.6 Å². The van der Waals surface area contributed by atoms with E-state index in [-0.39, 0.29) is 12.0 Å². The van der Waals surface area contributed by atoms with E-state index in [0.29, 0.717) is 17.5 Å². The molecule has 0 aliphatic carbocycles. The molecule has 0 bridgehead atoms. The third kappa shape index (κ3) is 2.27. The monoisotopic (exact) mass is 219 g/mol. The highest BCUT2D eigenvalue weighted by atomic mass is 32.2. The summed E-state index contributed by atoms with van der Waals surface area (Å²) in [6, 6.07) is 0.488. The first-order valence-electron chi connectivity index (χ1n) is 5.11. The van der Waals surface area contributed by atoms with Crippen LogP contribution in [0.4, 0.5) is 0 Å². The Bertz CT molecular complexity index is 295. The number of nitrogens with one attached hydrogen (secondary N) is 1. The Morgan fingerprint density at radius 3 is 2.64 bits per heavy atom. The SMILES string of the molecule is C[C@H]1CS(=O)(=O)C[C@H]1NC1CCOC1. The average molecular weight is 219 g/mol. The van der Waals surface area contributed by atoms with Crippen molar-refractivity contribution in [3.05, 3.63) is 0 Å². The van der Waals surface area contributed by atoms with Crippen LogP contribution in [0.15, 0.2) is 0 Å². The molecule has 0 amide bonds. The number of sulfone groups is 1. The van der Waals surface area contributed by atoms with E-state index in [2.05, 4.69) is 5.32 Å². The van der Waals surface area contributed by atoms with Gasteiger partial charge in [0, 0.05) is 18.7 Å². The minimum absolute atomic E-state index is 0.131. The largest absolute Gasteiger partial charge is 0.380 e. The van der Waals surface area contributed by atoms with Crippen LogP contribution in [0.3, 0.4) is 0 Å². The summed E-state index contributed by atoms with van der Waals surface area (Å²) in [5.41, 5.74) is 0. The van der Waals surface area contributed by atoms with Gasteiger partial charge in [0.15, 0.2) is 9.84 Å². The Morgan fingerprint density at radius 2 is 2.14 bits per heavy atom. The van der Waals surface area contributed by atoms with Crippen molar-refractivity contribution in [1.82, 2.24) is 5.32 Å². The fraction of sp³-hybridized carbons (Fsp3) is 1.00. The van der Waals surface area contributed by atoms with Crippen molar-refractivity contribution in [2.45, 2.75) is 25.4 Å². The fourth-order valence-corrected chi connectivity index (χ4v) is 4.35. The Kier molecular flexibility index (Phi) is 2.81. The lowest BCUT2D eigenvalue weighted by Gasteiger charge is -2.19. The molecule has 2 fully saturated rings. The maximum absolute atomic E-state index is 11.4. The molecular weight excluding hydrogens is 202 g/mol. The highest BCUT2D eigenvalue weighted by Crippen LogP contribution is 2.20. The smallest absolute Gasteiger partial charge is 0.152 e. The van der Waals surface area contributed by atoms with Gasteiger partial charge in [-0.25, -0.2) is 8.42 Å². The summed E-state index contributed by atoms with van der Waals surface area (Å²) in [5.74, 6) is 0.865. The first kappa shape index (κ1) is 10.4. The number of ether oxygens (including phenoxy) is 1. The van der Waals surface area contributed by atoms with Gasteiger partial charge in [0.1, 0.15) is 0 Å². The van der Waals surface area contributed by atoms with Gasteiger partial charge in [-0.05, 0) is 12.3 Å². The minimum Gasteiger partial charge on any atom is -0.380 e. The molecule has 0 spiro atoms. The first-order valence-corrected chi connectivity index (χ1v) is 6.93. The van der Waals surface area contributed by atoms with Crippen LogP contribution in [0.25, 0.3) is 0 Å². The van der Waals surface area contributed by atoms with E-state index < -0.39 is 9.84 Å². The van der Waals surface area contributed by atoms with Crippen LogP contribution in [0.5, 0.6) is 0 Å². The molecule has 0 saturated carbocycles. The highest BCUT2D eigenvalue weighted by molar-refractivity contribution is 7.91. The number of hydrogen-bond acceptors (Lipinski definition) is 4. The molecule has 2 rings (SSSR count). The predicted molar refractivity (Wildman–Crippen MR) is 54.0 cm³/mol. The summed E-state index contributed by atoms with van der Waals surface area (Å²) < 4.78 is 28.0. The van der Waals surface area contributed by atoms with E-state index in [4.69, 9.17) is 4.74 Å². The van der Waals surface area contributed by atoms with Gasteiger partial charge in [0.05, 0.1) is 18.1 Å². The molecule has 82 valence electrons. The molecule has 3 atom stereocenters. The van der Waals surface area contributed by atoms with Gasteiger partial charge in [-0.1, -0.05) is 6.92 Å². The molecule has 2 aliphatic heterocycles. The molecule has 0 aromatic heterocycles. The molecule has 4 nitrogen and oxygen atoms in total. The Balaban J connectivity index is 1.92. The van der Waals surface area contributed by atoms with Gasteiger partial charge in [-0.2, -0.15) is 0 Å². The molecule has 0 aromatic carbocycles. The molecule has 0 aromatic rings. The number of hydrogen-bond donors (Lipinski definition) is 1. The van der Waals surface area contributed by atoms with Crippen molar-refractivity contribution in [2.75, 3.05) is 24.7 Å². The summed E-state index contributed by atoms with van der Waals surface area (Å²) in [6.45, 7) is 3.52. The number of rotatable bonds is 2. The van der Waals surface area contributed by atoms with E-state index >= 15 is 0 Å². The zero-order chi connectivity index (χ0) is 10.2. The molecular formula is C9H17NO3S. The molecule has 14 heavy (non-hydrogen) atoms. The van der Waals surface area contributed by atoms with Crippen LogP contribution in [0.2, 0.25) is 0 Å². The van der Waals surface area contributed by atoms with E-state index in [1.165, 1.54) is 0 Å². The summed E-state index contributed by atoms with van der Waals surface area (Å²) in [5, 5.41) is 3.38. The van der Waals surface area contributed by atoms with Crippen molar-refractivity contribution in [1.29, 1.82) is 0 Å². The predicted octanol–water partition coefficient (Wildman–Crippen LogP) is -0.202. The second kappa shape index (κ2) is 3.79. The van der Waals surface area contributed by atoms with Gasteiger partial charge >= 0.3 is 0 Å². The van der Waals surface area contributed by atoms with Crippen LogP contribution >= 0.6 is 0 Å². The summed E-state index contributed by atoms with van der Waals surface area (Å²) in [6.07, 6.45) is 1.00. The normalized spacial score (nSPS) is 41.6. The summed E-state index contributed by atoms with van der Waals surface area (Å²) in [4.78, 5) is 0. The van der Waals surface area contributed by atoms with Crippen molar-refractivity contribution in [3.8, 4) is 0 Å². The van der Waals surface area contributed by atoms with Gasteiger partial charge in [-0.3, -0.25) is 0 Å². The molecule has 2 saturated heterocycles. The van der Waals surface area contributed by atoms with Crippen LogP contribution < -0.4 is 5.32 Å². The molecule has 1 unspecified atom stereocenters. The fourth-order valence-electron chi connectivity index (χ4n) is 2.20. The zero-order valence-corrected chi connectivity index (χ0v) is 9.22. The quantitative estimate of drug-likeness (QED) is 0.698. The molecule has 1 N–H and O–H groups in total. The second-order valence-corrected chi connectivity index (χ2v) is 6.54. The highest BCUT2D eigenvalue weighted by Gasteiger charge is 2.36. The van der Waals surface area contributed by atoms with Gasteiger partial charge in [0.2, 0.25) is 0 Å². The molecule has 5 heteroatoms. The van der Waals surface area contributed by atoms with Crippen LogP contribution in [0.1, 0.15) is 13.3 Å². The van der Waals surface area contributed by atoms with E-state index in [0.717, 1.165) is 19.6 Å². The maximum atomic E-state index is 11.4. The van der Waals surface area contributed by atoms with Gasteiger partial charge in [0.25, 0.3) is 0 Å². The summed E-state index contributed by atoms with van der Waals surface area (Å²) >= 11 is 0. The average Bonchev–Trinajstić information content (AvgIpc) is 2.61. The molecule has 0 radical (unpaired) electrons. The van der Waals surface area contributed by atoms with Crippen molar-refractivity contribution < 1.29 is 13.2 Å². The van der Waals surface area contributed by atoms with E-state index in [1.807, 2.05) is 6.92 Å². The topological polar surface area (TPSA) is 55.4 Å². The van der Waals surface area contributed by atoms with E-state index in [9.17, 15) is 8.42 Å². The molecule has 2 heterocycles. The van der Waals surface area contributed by atoms with Crippen molar-refractivity contribution in [2.24, 2.45) is 5.92 Å². The van der Waals surface area contributed by atoms with Gasteiger partial charge in [-0.15, -0.1) is 0 Å². The Morgan fingerprint density at radius 1 is 1.36 bits per heavy atom. The Hall–Kier alpha value is -0.130. The maximum Gasteiger partial charge on any atom is 0.152 e. The minimum atomic E-state index is -2.79. The Labute approximate surface area is 84.9 Å². The second-order valence-electron chi connectivity index (χ2n) is 4.39. The van der Waals surface area contributed by atoms with Crippen LogP contribution in [0, 0.1) is 5.92 Å². The summed E-state index contributed by atoms with van der Waals surface area (Å²) in [7, 11) is -2.79. The third-order valence-corrected chi connectivity index (χ3v) is 4.92. The first-order chi connectivity index (χ1) is 6.57. The van der Waals surface area contributed by atoms with Crippen molar-refractivity contribution >= 4 is 9.84 Å². The lowest BCUT2D eigenvalue weighted by atomic mass is 10.1. The van der Waals surface area contributed by atoms with Crippen LogP contribution in [-0.4, -0.2) is 45.2 Å². The lowest BCUT2D eigenvalue weighted by Crippen LogP contribution is -2.42. The third-order valence-electron chi connectivity index (χ3n) is 3.02. The van der Waals surface area contributed by atoms with Gasteiger partial charge < -0.3 is 10.1 Å². The standard InChI is InChI=1S/C9H17NO3S/c1-7-5-14(11,12)6-9(7)10-8-2-3-13-4-8/h7-10H,2-6H2,1H3/t7-,8?,9+/m0/s1. The lowest BCUT2D eigenvalue weighted by molar-refractivity contribution is 0.187. The van der Waals surface area contributed by atoms with E-state index in [1.54, 1.807) is 0 Å². The molecule has 2 aliphatic rings. The zero-order valence-electron chi connectivity index (χ0n) is 8.40.